The maximum Gasteiger partial charge on any atom is 0.247 e. The third kappa shape index (κ3) is 3.68. The zero-order chi connectivity index (χ0) is 24.1. The number of anilines is 2. The van der Waals surface area contributed by atoms with Gasteiger partial charge in [0.2, 0.25) is 5.91 Å². The average Bonchev–Trinajstić information content (AvgIpc) is 3.44. The van der Waals surface area contributed by atoms with Crippen molar-refractivity contribution in [2.45, 2.75) is 12.8 Å². The van der Waals surface area contributed by atoms with Crippen molar-refractivity contribution in [3.05, 3.63) is 66.5 Å². The normalized spacial score (nSPS) is 16.1. The molecule has 35 heavy (non-hydrogen) atoms. The Bertz CT molecular complexity index is 1510. The molecule has 1 aliphatic carbocycles. The summed E-state index contributed by atoms with van der Waals surface area (Å²) < 4.78 is 0. The molecule has 0 saturated carbocycles. The lowest BCUT2D eigenvalue weighted by Gasteiger charge is -2.35. The fourth-order valence-electron chi connectivity index (χ4n) is 5.27. The van der Waals surface area contributed by atoms with Gasteiger partial charge in [-0.05, 0) is 37.7 Å². The molecule has 1 amide bonds. The first-order chi connectivity index (χ1) is 17.0. The van der Waals surface area contributed by atoms with Crippen molar-refractivity contribution in [2.24, 2.45) is 0 Å². The van der Waals surface area contributed by atoms with Crippen LogP contribution in [0.15, 0.2) is 55.3 Å². The molecule has 0 spiro atoms. The van der Waals surface area contributed by atoms with Gasteiger partial charge in [-0.3, -0.25) is 14.6 Å². The van der Waals surface area contributed by atoms with E-state index >= 15 is 0 Å². The van der Waals surface area contributed by atoms with Crippen LogP contribution in [-0.4, -0.2) is 59.8 Å². The summed E-state index contributed by atoms with van der Waals surface area (Å²) in [5, 5.41) is 6.03. The Kier molecular flexibility index (Phi) is 5.15. The van der Waals surface area contributed by atoms with Crippen LogP contribution in [0.4, 0.5) is 11.4 Å². The lowest BCUT2D eigenvalue weighted by atomic mass is 10.0. The summed E-state index contributed by atoms with van der Waals surface area (Å²) in [7, 11) is 2.12. The molecular formula is C28H27N5O2. The number of Topliss-reactive ketones (excluding diaryl/α,β-unsaturated/α-hetero) is 1. The fraction of sp³-hybridized carbons (Fsp3) is 0.250. The first-order valence-corrected chi connectivity index (χ1v) is 12.0. The molecule has 1 fully saturated rings. The van der Waals surface area contributed by atoms with Gasteiger partial charge < -0.3 is 20.1 Å². The van der Waals surface area contributed by atoms with Crippen LogP contribution >= 0.6 is 0 Å². The number of nitrogens with zero attached hydrogens (tertiary/aromatic N) is 3. The summed E-state index contributed by atoms with van der Waals surface area (Å²) in [6.45, 7) is 7.35. The Morgan fingerprint density at radius 3 is 2.71 bits per heavy atom. The molecule has 3 heterocycles. The first kappa shape index (κ1) is 21.6. The van der Waals surface area contributed by atoms with Crippen molar-refractivity contribution in [3.63, 3.8) is 0 Å². The third-order valence-corrected chi connectivity index (χ3v) is 7.21. The number of carbonyl (C=O) groups is 2. The van der Waals surface area contributed by atoms with Gasteiger partial charge in [0.15, 0.2) is 5.78 Å². The number of carbonyl (C=O) groups excluding carboxylic acids is 2. The Morgan fingerprint density at radius 2 is 1.91 bits per heavy atom. The number of amides is 1. The van der Waals surface area contributed by atoms with Gasteiger partial charge in [-0.2, -0.15) is 0 Å². The molecule has 7 heteroatoms. The van der Waals surface area contributed by atoms with Crippen molar-refractivity contribution < 1.29 is 9.59 Å². The van der Waals surface area contributed by atoms with Crippen LogP contribution in [0.2, 0.25) is 0 Å². The molecule has 1 saturated heterocycles. The number of piperazine rings is 1. The van der Waals surface area contributed by atoms with Crippen molar-refractivity contribution in [1.82, 2.24) is 14.9 Å². The summed E-state index contributed by atoms with van der Waals surface area (Å²) in [5.41, 5.74) is 6.33. The van der Waals surface area contributed by atoms with Crippen LogP contribution in [0.1, 0.15) is 22.5 Å². The quantitative estimate of drug-likeness (QED) is 0.437. The number of nitrogens with one attached hydrogen (secondary N) is 2. The molecule has 6 rings (SSSR count). The van der Waals surface area contributed by atoms with Gasteiger partial charge in [0.25, 0.3) is 0 Å². The van der Waals surface area contributed by atoms with Crippen molar-refractivity contribution in [3.8, 4) is 11.3 Å². The first-order valence-electron chi connectivity index (χ1n) is 12.0. The predicted molar refractivity (Wildman–Crippen MR) is 140 cm³/mol. The van der Waals surface area contributed by atoms with Crippen molar-refractivity contribution >= 4 is 44.7 Å². The molecule has 0 atom stereocenters. The molecule has 2 aromatic carbocycles. The van der Waals surface area contributed by atoms with Gasteiger partial charge in [0, 0.05) is 71.8 Å². The summed E-state index contributed by atoms with van der Waals surface area (Å²) in [6, 6.07) is 12.2. The van der Waals surface area contributed by atoms with Crippen LogP contribution in [0.3, 0.4) is 0 Å². The van der Waals surface area contributed by atoms with Gasteiger partial charge in [-0.25, -0.2) is 0 Å². The second kappa shape index (κ2) is 8.36. The molecule has 4 aromatic rings. The van der Waals surface area contributed by atoms with E-state index in [0.717, 1.165) is 88.2 Å². The van der Waals surface area contributed by atoms with Crippen LogP contribution < -0.4 is 10.2 Å². The second-order valence-electron chi connectivity index (χ2n) is 9.40. The van der Waals surface area contributed by atoms with E-state index in [9.17, 15) is 9.59 Å². The maximum atomic E-state index is 12.4. The topological polar surface area (TPSA) is 81.3 Å². The van der Waals surface area contributed by atoms with E-state index < -0.39 is 0 Å². The number of aromatic nitrogens is 2. The van der Waals surface area contributed by atoms with Crippen LogP contribution in [0.25, 0.3) is 32.9 Å². The van der Waals surface area contributed by atoms with Gasteiger partial charge in [-0.15, -0.1) is 0 Å². The Hall–Kier alpha value is -3.97. The number of hydrogen-bond donors (Lipinski definition) is 2. The molecule has 2 aliphatic rings. The van der Waals surface area contributed by atoms with Crippen LogP contribution in [0.5, 0.6) is 0 Å². The van der Waals surface area contributed by atoms with Gasteiger partial charge >= 0.3 is 0 Å². The molecule has 0 bridgehead atoms. The van der Waals surface area contributed by atoms with Crippen LogP contribution in [-0.2, 0) is 11.2 Å². The summed E-state index contributed by atoms with van der Waals surface area (Å²) in [5.74, 6) is -0.0294. The highest BCUT2D eigenvalue weighted by Crippen LogP contribution is 2.36. The molecule has 176 valence electrons. The number of rotatable bonds is 4. The Morgan fingerprint density at radius 1 is 1.09 bits per heavy atom. The Labute approximate surface area is 203 Å². The van der Waals surface area contributed by atoms with E-state index in [2.05, 4.69) is 51.9 Å². The summed E-state index contributed by atoms with van der Waals surface area (Å²) in [4.78, 5) is 37.5. The highest BCUT2D eigenvalue weighted by Gasteiger charge is 2.25. The molecule has 1 aliphatic heterocycles. The number of aryl methyl sites for hydroxylation is 1. The minimum Gasteiger partial charge on any atom is -0.367 e. The van der Waals surface area contributed by atoms with Crippen molar-refractivity contribution in [1.29, 1.82) is 0 Å². The van der Waals surface area contributed by atoms with Gasteiger partial charge in [0.1, 0.15) is 0 Å². The third-order valence-electron chi connectivity index (χ3n) is 7.21. The molecule has 0 radical (unpaired) electrons. The van der Waals surface area contributed by atoms with E-state index in [1.165, 1.54) is 6.08 Å². The monoisotopic (exact) mass is 465 g/mol. The number of benzene rings is 2. The molecule has 0 unspecified atom stereocenters. The van der Waals surface area contributed by atoms with Crippen LogP contribution in [0, 0.1) is 0 Å². The summed E-state index contributed by atoms with van der Waals surface area (Å²) >= 11 is 0. The molecule has 2 N–H and O–H groups in total. The largest absolute Gasteiger partial charge is 0.367 e. The zero-order valence-electron chi connectivity index (χ0n) is 19.7. The predicted octanol–water partition coefficient (Wildman–Crippen LogP) is 4.39. The number of ketones is 1. The lowest BCUT2D eigenvalue weighted by Crippen LogP contribution is -2.44. The molecule has 2 aromatic heterocycles. The number of hydrogen-bond acceptors (Lipinski definition) is 5. The smallest absolute Gasteiger partial charge is 0.247 e. The average molecular weight is 466 g/mol. The highest BCUT2D eigenvalue weighted by molar-refractivity contribution is 6.17. The highest BCUT2D eigenvalue weighted by atomic mass is 16.1. The number of likely N-dealkylation sites (N-methyl/N-ethyl adjacent to an activating group) is 1. The number of fused-ring (bicyclic) bond motifs is 5. The number of pyridine rings is 1. The zero-order valence-corrected chi connectivity index (χ0v) is 19.7. The molecule has 7 nitrogen and oxygen atoms in total. The maximum absolute atomic E-state index is 12.4. The standard InChI is InChI=1S/C28H27N5O2/c1-3-26(35)30-23-14-17(5-8-24(23)33-12-10-32(2)11-13-33)22-15-20-18(16-29-22)4-6-19-27-21(31-28(19)20)7-9-25(27)34/h3-6,8,14-16,31H,1,7,9-13H2,2H3,(H,30,35). The van der Waals surface area contributed by atoms with E-state index in [-0.39, 0.29) is 11.7 Å². The minimum absolute atomic E-state index is 0.210. The Balaban J connectivity index is 1.44. The number of H-pyrrole nitrogens is 1. The lowest BCUT2D eigenvalue weighted by molar-refractivity contribution is -0.111. The van der Waals surface area contributed by atoms with Crippen molar-refractivity contribution in [2.75, 3.05) is 43.4 Å². The molecular weight excluding hydrogens is 438 g/mol. The van der Waals surface area contributed by atoms with E-state index in [1.54, 1.807) is 0 Å². The summed E-state index contributed by atoms with van der Waals surface area (Å²) in [6.07, 6.45) is 4.50. The number of aromatic amines is 1. The van der Waals surface area contributed by atoms with E-state index in [0.29, 0.717) is 6.42 Å². The second-order valence-corrected chi connectivity index (χ2v) is 9.40. The van der Waals surface area contributed by atoms with Gasteiger partial charge in [-0.1, -0.05) is 24.8 Å². The van der Waals surface area contributed by atoms with Gasteiger partial charge in [0.05, 0.1) is 22.6 Å². The minimum atomic E-state index is -0.240. The van der Waals surface area contributed by atoms with E-state index in [1.807, 2.05) is 24.4 Å². The SMILES string of the molecule is C=CC(=O)Nc1cc(-c2cc3c(ccc4c5c([nH]c43)CCC5=O)cn2)ccc1N1CCN(C)CC1. The van der Waals surface area contributed by atoms with E-state index in [4.69, 9.17) is 4.98 Å². The fourth-order valence-corrected chi connectivity index (χ4v) is 5.27.